The Kier molecular flexibility index (Phi) is 35.1. The first-order valence-corrected chi connectivity index (χ1v) is 9.84. The molecule has 0 aromatic rings. The van der Waals surface area contributed by atoms with Gasteiger partial charge in [-0.2, -0.15) is 0 Å². The van der Waals surface area contributed by atoms with Crippen LogP contribution in [0.25, 0.3) is 0 Å². The summed E-state index contributed by atoms with van der Waals surface area (Å²) in [7, 11) is 0. The van der Waals surface area contributed by atoms with Crippen molar-refractivity contribution in [3.63, 3.8) is 0 Å². The van der Waals surface area contributed by atoms with E-state index in [0.717, 1.165) is 11.8 Å². The summed E-state index contributed by atoms with van der Waals surface area (Å²) in [6.07, 6.45) is 10.7. The Morgan fingerprint density at radius 3 is 0.808 bits per heavy atom. The Balaban J connectivity index is -0.000000118. The summed E-state index contributed by atoms with van der Waals surface area (Å²) >= 11 is 0. The Morgan fingerprint density at radius 2 is 0.769 bits per heavy atom. The highest BCUT2D eigenvalue weighted by Gasteiger charge is 1.95. The van der Waals surface area contributed by atoms with Crippen LogP contribution in [-0.2, 0) is 0 Å². The molecule has 6 nitrogen and oxygen atoms in total. The monoisotopic (exact) mass is 380 g/mol. The smallest absolute Gasteiger partial charge is 0.450 e. The summed E-state index contributed by atoms with van der Waals surface area (Å²) in [5, 5.41) is 27.9. The molecule has 0 radical (unpaired) electrons. The molecule has 0 aromatic carbocycles. The summed E-state index contributed by atoms with van der Waals surface area (Å²) < 4.78 is 0. The lowest BCUT2D eigenvalue weighted by molar-refractivity contribution is 0.135. The summed E-state index contributed by atoms with van der Waals surface area (Å²) in [5.41, 5.74) is 0. The van der Waals surface area contributed by atoms with Gasteiger partial charge in [-0.25, -0.2) is 9.59 Å². The standard InChI is InChI=1S/C6H12.2C6H14.2CH2O3/c1-2-4-6-5-3-1;2*1-4-5-6(2)3;2*2-1(3)4/h1-6H2;2*6H,4-5H2,1-3H3;2*(H2,2,3,4). The topological polar surface area (TPSA) is 115 Å². The van der Waals surface area contributed by atoms with Crippen LogP contribution in [-0.4, -0.2) is 32.7 Å². The van der Waals surface area contributed by atoms with E-state index in [0.29, 0.717) is 0 Å². The van der Waals surface area contributed by atoms with Crippen molar-refractivity contribution in [1.82, 2.24) is 0 Å². The van der Waals surface area contributed by atoms with Gasteiger partial charge in [0.2, 0.25) is 0 Å². The molecule has 0 atom stereocenters. The van der Waals surface area contributed by atoms with E-state index >= 15 is 0 Å². The van der Waals surface area contributed by atoms with Gasteiger partial charge in [0.05, 0.1) is 0 Å². The molecule has 0 amide bonds. The fourth-order valence-electron chi connectivity index (χ4n) is 2.22. The van der Waals surface area contributed by atoms with E-state index in [1.807, 2.05) is 0 Å². The van der Waals surface area contributed by atoms with Crippen LogP contribution in [0.2, 0.25) is 0 Å². The van der Waals surface area contributed by atoms with Crippen LogP contribution in [0.15, 0.2) is 0 Å². The Hall–Kier alpha value is -1.46. The summed E-state index contributed by atoms with van der Waals surface area (Å²) in [6.45, 7) is 13.5. The number of hydrogen-bond acceptors (Lipinski definition) is 2. The molecule has 1 rings (SSSR count). The van der Waals surface area contributed by atoms with Crippen LogP contribution in [0, 0.1) is 11.8 Å². The first-order valence-electron chi connectivity index (χ1n) is 9.84. The minimum absolute atomic E-state index is 0.898. The van der Waals surface area contributed by atoms with E-state index in [4.69, 9.17) is 30.0 Å². The van der Waals surface area contributed by atoms with E-state index in [1.54, 1.807) is 0 Å². The molecule has 26 heavy (non-hydrogen) atoms. The summed E-state index contributed by atoms with van der Waals surface area (Å²) in [4.78, 5) is 17.1. The minimum Gasteiger partial charge on any atom is -0.450 e. The van der Waals surface area contributed by atoms with Gasteiger partial charge in [0, 0.05) is 0 Å². The van der Waals surface area contributed by atoms with Gasteiger partial charge in [-0.3, -0.25) is 0 Å². The molecular formula is C20H44O6. The predicted octanol–water partition coefficient (Wildman–Crippen LogP) is 7.67. The van der Waals surface area contributed by atoms with Gasteiger partial charge >= 0.3 is 12.3 Å². The van der Waals surface area contributed by atoms with Gasteiger partial charge in [0.15, 0.2) is 0 Å². The maximum absolute atomic E-state index is 8.56. The van der Waals surface area contributed by atoms with Gasteiger partial charge in [0.1, 0.15) is 0 Å². The number of hydrogen-bond donors (Lipinski definition) is 4. The molecule has 1 aliphatic carbocycles. The maximum atomic E-state index is 8.56. The molecule has 1 fully saturated rings. The third-order valence-electron chi connectivity index (χ3n) is 3.23. The molecule has 1 aliphatic rings. The molecule has 0 saturated heterocycles. The van der Waals surface area contributed by atoms with Gasteiger partial charge in [-0.05, 0) is 11.8 Å². The van der Waals surface area contributed by atoms with Crippen molar-refractivity contribution >= 4 is 12.3 Å². The molecule has 0 heterocycles. The van der Waals surface area contributed by atoms with E-state index in [2.05, 4.69) is 41.5 Å². The first kappa shape index (κ1) is 32.2. The van der Waals surface area contributed by atoms with Crippen molar-refractivity contribution in [2.24, 2.45) is 11.8 Å². The average molecular weight is 381 g/mol. The van der Waals surface area contributed by atoms with Crippen molar-refractivity contribution in [2.45, 2.75) is 106 Å². The van der Waals surface area contributed by atoms with E-state index < -0.39 is 12.3 Å². The lowest BCUT2D eigenvalue weighted by atomic mass is 10.0. The van der Waals surface area contributed by atoms with Crippen LogP contribution < -0.4 is 0 Å². The van der Waals surface area contributed by atoms with Crippen LogP contribution in [0.3, 0.4) is 0 Å². The second-order valence-corrected chi connectivity index (χ2v) is 7.05. The SMILES string of the molecule is C1CCCCC1.CCCC(C)C.CCCC(C)C.O=C(O)O.O=C(O)O. The van der Waals surface area contributed by atoms with Crippen LogP contribution in [0.1, 0.15) is 106 Å². The first-order chi connectivity index (χ1) is 12.0. The highest BCUT2D eigenvalue weighted by Crippen LogP contribution is 2.15. The number of rotatable bonds is 4. The molecule has 0 spiro atoms. The Morgan fingerprint density at radius 1 is 0.615 bits per heavy atom. The predicted molar refractivity (Wildman–Crippen MR) is 109 cm³/mol. The lowest BCUT2D eigenvalue weighted by Gasteiger charge is -2.05. The fraction of sp³-hybridized carbons (Fsp3) is 0.900. The van der Waals surface area contributed by atoms with E-state index in [1.165, 1.54) is 64.2 Å². The molecule has 0 bridgehead atoms. The third-order valence-corrected chi connectivity index (χ3v) is 3.23. The molecule has 160 valence electrons. The summed E-state index contributed by atoms with van der Waals surface area (Å²) in [5.74, 6) is 1.80. The van der Waals surface area contributed by atoms with E-state index in [-0.39, 0.29) is 0 Å². The quantitative estimate of drug-likeness (QED) is 0.397. The zero-order valence-corrected chi connectivity index (χ0v) is 17.8. The zero-order chi connectivity index (χ0) is 21.4. The largest absolute Gasteiger partial charge is 0.503 e. The molecule has 0 unspecified atom stereocenters. The molecular weight excluding hydrogens is 336 g/mol. The van der Waals surface area contributed by atoms with Gasteiger partial charge < -0.3 is 20.4 Å². The highest BCUT2D eigenvalue weighted by atomic mass is 16.6. The Bertz CT molecular complexity index is 232. The third kappa shape index (κ3) is 94.1. The molecule has 4 N–H and O–H groups in total. The zero-order valence-electron chi connectivity index (χ0n) is 17.8. The molecule has 0 aromatic heterocycles. The van der Waals surface area contributed by atoms with Crippen molar-refractivity contribution in [1.29, 1.82) is 0 Å². The van der Waals surface area contributed by atoms with Crippen LogP contribution >= 0.6 is 0 Å². The van der Waals surface area contributed by atoms with Crippen LogP contribution in [0.4, 0.5) is 9.59 Å². The Labute approximate surface area is 160 Å². The van der Waals surface area contributed by atoms with Crippen LogP contribution in [0.5, 0.6) is 0 Å². The van der Waals surface area contributed by atoms with E-state index in [9.17, 15) is 0 Å². The number of carboxylic acid groups (broad SMARTS) is 4. The highest BCUT2D eigenvalue weighted by molar-refractivity contribution is 5.53. The summed E-state index contributed by atoms with van der Waals surface area (Å²) in [6, 6.07) is 0. The van der Waals surface area contributed by atoms with Crippen molar-refractivity contribution in [3.8, 4) is 0 Å². The van der Waals surface area contributed by atoms with Crippen molar-refractivity contribution in [3.05, 3.63) is 0 Å². The van der Waals surface area contributed by atoms with Gasteiger partial charge in [0.25, 0.3) is 0 Å². The second-order valence-electron chi connectivity index (χ2n) is 7.05. The van der Waals surface area contributed by atoms with Crippen molar-refractivity contribution in [2.75, 3.05) is 0 Å². The van der Waals surface area contributed by atoms with Gasteiger partial charge in [-0.15, -0.1) is 0 Å². The lowest BCUT2D eigenvalue weighted by Crippen LogP contribution is -1.85. The molecule has 6 heteroatoms. The minimum atomic E-state index is -1.83. The molecule has 0 aliphatic heterocycles. The second kappa shape index (κ2) is 28.3. The fourth-order valence-corrected chi connectivity index (χ4v) is 2.22. The number of carbonyl (C=O) groups is 2. The molecule has 1 saturated carbocycles. The average Bonchev–Trinajstić information content (AvgIpc) is 2.48. The van der Waals surface area contributed by atoms with Crippen molar-refractivity contribution < 1.29 is 30.0 Å². The normalized spacial score (nSPS) is 12.0. The van der Waals surface area contributed by atoms with Gasteiger partial charge in [-0.1, -0.05) is 106 Å². The maximum Gasteiger partial charge on any atom is 0.503 e.